The molecule has 0 unspecified atom stereocenters. The Hall–Kier alpha value is -0.590. The van der Waals surface area contributed by atoms with Crippen LogP contribution in [0.2, 0.25) is 5.02 Å². The molecule has 8 heteroatoms. The van der Waals surface area contributed by atoms with Gasteiger partial charge in [0, 0.05) is 30.6 Å². The normalized spacial score (nSPS) is 15.3. The van der Waals surface area contributed by atoms with Gasteiger partial charge in [-0.3, -0.25) is 4.79 Å². The Kier molecular flexibility index (Phi) is 9.29. The maximum atomic E-state index is 13.0. The van der Waals surface area contributed by atoms with Gasteiger partial charge in [-0.15, -0.1) is 36.2 Å². The quantitative estimate of drug-likeness (QED) is 0.672. The topological polar surface area (TPSA) is 59.2 Å². The molecule has 27 heavy (non-hydrogen) atoms. The van der Waals surface area contributed by atoms with Crippen molar-refractivity contribution in [3.63, 3.8) is 0 Å². The summed E-state index contributed by atoms with van der Waals surface area (Å²) >= 11 is 7.81. The van der Waals surface area contributed by atoms with Gasteiger partial charge in [-0.1, -0.05) is 25.4 Å². The summed E-state index contributed by atoms with van der Waals surface area (Å²) in [5.74, 6) is 0.658. The van der Waals surface area contributed by atoms with Crippen molar-refractivity contribution < 1.29 is 4.79 Å². The predicted octanol–water partition coefficient (Wildman–Crippen LogP) is 5.26. The molecule has 0 radical (unpaired) electrons. The summed E-state index contributed by atoms with van der Waals surface area (Å²) in [5, 5.41) is 1.89. The van der Waals surface area contributed by atoms with Crippen LogP contribution < -0.4 is 5.73 Å². The third-order valence-corrected chi connectivity index (χ3v) is 7.13. The molecule has 3 rings (SSSR count). The fraction of sp³-hybridized carbons (Fsp3) is 0.579. The van der Waals surface area contributed by atoms with Crippen molar-refractivity contribution in [2.45, 2.75) is 45.4 Å². The maximum Gasteiger partial charge on any atom is 0.230 e. The minimum atomic E-state index is -0.389. The minimum Gasteiger partial charge on any atom is -0.342 e. The van der Waals surface area contributed by atoms with Crippen molar-refractivity contribution in [1.82, 2.24) is 9.88 Å². The number of carbonyl (C=O) groups is 1. The first kappa shape index (κ1) is 24.4. The molecule has 152 valence electrons. The Morgan fingerprint density at radius 1 is 1.30 bits per heavy atom. The number of fused-ring (bicyclic) bond motifs is 1. The Bertz CT molecular complexity index is 747. The summed E-state index contributed by atoms with van der Waals surface area (Å²) in [4.78, 5) is 19.7. The number of benzene rings is 1. The highest BCUT2D eigenvalue weighted by molar-refractivity contribution is 7.18. The number of aromatic nitrogens is 1. The Balaban J connectivity index is 0.00000182. The van der Waals surface area contributed by atoms with E-state index < -0.39 is 0 Å². The number of nitrogens with zero attached hydrogens (tertiary/aromatic N) is 2. The second kappa shape index (κ2) is 10.3. The molecule has 2 aromatic rings. The standard InChI is InChI=1S/C19H26ClN3OS.2ClH/c1-3-19(4-2,12-21)18(24)23-9-7-13(8-10-23)17-22-15-11-14(20)5-6-16(15)25-17;;/h5-6,11,13H,3-4,7-10,12,21H2,1-2H3;2*1H. The SMILES string of the molecule is CCC(CC)(CN)C(=O)N1CCC(c2nc3cc(Cl)ccc3s2)CC1.Cl.Cl. The van der Waals surface area contributed by atoms with Crippen LogP contribution in [0.5, 0.6) is 0 Å². The van der Waals surface area contributed by atoms with Crippen molar-refractivity contribution >= 4 is 63.9 Å². The van der Waals surface area contributed by atoms with E-state index >= 15 is 0 Å². The molecule has 0 bridgehead atoms. The van der Waals surface area contributed by atoms with Gasteiger partial charge >= 0.3 is 0 Å². The van der Waals surface area contributed by atoms with E-state index in [0.29, 0.717) is 12.5 Å². The number of rotatable bonds is 5. The van der Waals surface area contributed by atoms with Gasteiger partial charge in [0.05, 0.1) is 20.6 Å². The number of likely N-dealkylation sites (tertiary alicyclic amines) is 1. The van der Waals surface area contributed by atoms with E-state index in [-0.39, 0.29) is 36.1 Å². The zero-order valence-corrected chi connectivity index (χ0v) is 18.9. The van der Waals surface area contributed by atoms with Crippen LogP contribution in [0, 0.1) is 5.41 Å². The first-order chi connectivity index (χ1) is 12.0. The fourth-order valence-corrected chi connectivity index (χ4v) is 4.97. The number of halogens is 3. The zero-order chi connectivity index (χ0) is 18.0. The number of nitrogens with two attached hydrogens (primary N) is 1. The third kappa shape index (κ3) is 4.88. The summed E-state index contributed by atoms with van der Waals surface area (Å²) in [6, 6.07) is 5.87. The van der Waals surface area contributed by atoms with Gasteiger partial charge in [0.2, 0.25) is 5.91 Å². The molecule has 1 aromatic carbocycles. The molecule has 1 aromatic heterocycles. The van der Waals surface area contributed by atoms with Gasteiger partial charge in [0.1, 0.15) is 0 Å². The molecule has 2 heterocycles. The first-order valence-electron chi connectivity index (χ1n) is 9.08. The number of hydrogen-bond donors (Lipinski definition) is 1. The van der Waals surface area contributed by atoms with Crippen LogP contribution in [-0.4, -0.2) is 35.4 Å². The lowest BCUT2D eigenvalue weighted by molar-refractivity contribution is -0.143. The van der Waals surface area contributed by atoms with Gasteiger partial charge in [-0.2, -0.15) is 0 Å². The average Bonchev–Trinajstić information content (AvgIpc) is 3.06. The van der Waals surface area contributed by atoms with Gasteiger partial charge in [-0.05, 0) is 43.9 Å². The molecule has 0 aliphatic carbocycles. The second-order valence-electron chi connectivity index (χ2n) is 6.92. The highest BCUT2D eigenvalue weighted by atomic mass is 35.5. The number of hydrogen-bond acceptors (Lipinski definition) is 4. The molecular weight excluding hydrogens is 425 g/mol. The Morgan fingerprint density at radius 3 is 2.48 bits per heavy atom. The third-order valence-electron chi connectivity index (χ3n) is 5.70. The van der Waals surface area contributed by atoms with Crippen molar-refractivity contribution in [1.29, 1.82) is 0 Å². The van der Waals surface area contributed by atoms with Crippen molar-refractivity contribution in [2.75, 3.05) is 19.6 Å². The molecule has 1 amide bonds. The van der Waals surface area contributed by atoms with Crippen molar-refractivity contribution in [3.05, 3.63) is 28.2 Å². The highest BCUT2D eigenvalue weighted by Crippen LogP contribution is 2.36. The molecule has 1 aliphatic rings. The van der Waals surface area contributed by atoms with E-state index in [0.717, 1.165) is 49.3 Å². The number of amides is 1. The summed E-state index contributed by atoms with van der Waals surface area (Å²) in [7, 11) is 0. The number of carbonyl (C=O) groups excluding carboxylic acids is 1. The first-order valence-corrected chi connectivity index (χ1v) is 10.3. The molecular formula is C19H28Cl3N3OS. The molecule has 0 spiro atoms. The summed E-state index contributed by atoms with van der Waals surface area (Å²) in [5.41, 5.74) is 6.53. The highest BCUT2D eigenvalue weighted by Gasteiger charge is 2.38. The van der Waals surface area contributed by atoms with Gasteiger partial charge in [0.25, 0.3) is 0 Å². The molecule has 2 N–H and O–H groups in total. The molecule has 1 saturated heterocycles. The smallest absolute Gasteiger partial charge is 0.230 e. The van der Waals surface area contributed by atoms with Crippen LogP contribution in [0.25, 0.3) is 10.2 Å². The Morgan fingerprint density at radius 2 is 1.93 bits per heavy atom. The monoisotopic (exact) mass is 451 g/mol. The van der Waals surface area contributed by atoms with Crippen LogP contribution in [-0.2, 0) is 4.79 Å². The van der Waals surface area contributed by atoms with E-state index in [1.54, 1.807) is 11.3 Å². The van der Waals surface area contributed by atoms with Crippen LogP contribution in [0.3, 0.4) is 0 Å². The van der Waals surface area contributed by atoms with E-state index in [2.05, 4.69) is 13.8 Å². The lowest BCUT2D eigenvalue weighted by Crippen LogP contribution is -2.49. The van der Waals surface area contributed by atoms with Crippen LogP contribution in [0.15, 0.2) is 18.2 Å². The fourth-order valence-electron chi connectivity index (χ4n) is 3.69. The molecule has 1 aliphatic heterocycles. The van der Waals surface area contributed by atoms with Crippen LogP contribution >= 0.6 is 47.8 Å². The van der Waals surface area contributed by atoms with E-state index in [4.69, 9.17) is 22.3 Å². The number of piperidine rings is 1. The minimum absolute atomic E-state index is 0. The molecule has 4 nitrogen and oxygen atoms in total. The van der Waals surface area contributed by atoms with Crippen LogP contribution in [0.4, 0.5) is 0 Å². The summed E-state index contributed by atoms with van der Waals surface area (Å²) in [6.07, 6.45) is 3.54. The second-order valence-corrected chi connectivity index (χ2v) is 8.42. The largest absolute Gasteiger partial charge is 0.342 e. The maximum absolute atomic E-state index is 13.0. The van der Waals surface area contributed by atoms with E-state index in [1.165, 1.54) is 9.71 Å². The van der Waals surface area contributed by atoms with Crippen molar-refractivity contribution in [3.8, 4) is 0 Å². The predicted molar refractivity (Wildman–Crippen MR) is 120 cm³/mol. The summed E-state index contributed by atoms with van der Waals surface area (Å²) < 4.78 is 1.18. The van der Waals surface area contributed by atoms with Gasteiger partial charge < -0.3 is 10.6 Å². The van der Waals surface area contributed by atoms with Gasteiger partial charge in [0.15, 0.2) is 0 Å². The number of thiazole rings is 1. The molecule has 1 fully saturated rings. The Labute approximate surface area is 182 Å². The van der Waals surface area contributed by atoms with Crippen molar-refractivity contribution in [2.24, 2.45) is 11.1 Å². The lowest BCUT2D eigenvalue weighted by atomic mass is 9.80. The van der Waals surface area contributed by atoms with Gasteiger partial charge in [-0.25, -0.2) is 4.98 Å². The molecule has 0 saturated carbocycles. The molecule has 0 atom stereocenters. The van der Waals surface area contributed by atoms with E-state index in [9.17, 15) is 4.79 Å². The lowest BCUT2D eigenvalue weighted by Gasteiger charge is -2.38. The zero-order valence-electron chi connectivity index (χ0n) is 15.7. The summed E-state index contributed by atoms with van der Waals surface area (Å²) in [6.45, 7) is 6.14. The van der Waals surface area contributed by atoms with Crippen LogP contribution in [0.1, 0.15) is 50.5 Å². The van der Waals surface area contributed by atoms with E-state index in [1.807, 2.05) is 23.1 Å². The average molecular weight is 453 g/mol.